The lowest BCUT2D eigenvalue weighted by Crippen LogP contribution is -2.26. The first-order valence-corrected chi connectivity index (χ1v) is 6.76. The van der Waals surface area contributed by atoms with E-state index in [1.807, 2.05) is 13.0 Å². The standard InChI is InChI=1S/C15H23NO2/c1-12(11-17)14-9-16(10-15(14)18)8-7-13-5-3-2-4-6-13/h2-6,12,14-15,17-18H,7-11H2,1H3. The SMILES string of the molecule is CC(CO)C1CN(CCc2ccccc2)CC1O. The number of likely N-dealkylation sites (tertiary alicyclic amines) is 1. The number of hydrogen-bond donors (Lipinski definition) is 2. The van der Waals surface area contributed by atoms with Crippen molar-refractivity contribution >= 4 is 0 Å². The molecule has 1 aliphatic rings. The summed E-state index contributed by atoms with van der Waals surface area (Å²) in [4.78, 5) is 2.30. The molecule has 18 heavy (non-hydrogen) atoms. The number of nitrogens with zero attached hydrogens (tertiary/aromatic N) is 1. The Morgan fingerprint density at radius 2 is 2.00 bits per heavy atom. The average molecular weight is 249 g/mol. The average Bonchev–Trinajstić information content (AvgIpc) is 2.78. The van der Waals surface area contributed by atoms with Gasteiger partial charge in [0.15, 0.2) is 0 Å². The number of β-amino-alcohol motifs (C(OH)–C–C–N with tert-alkyl or cyclic N) is 1. The van der Waals surface area contributed by atoms with Gasteiger partial charge in [-0.3, -0.25) is 0 Å². The zero-order valence-corrected chi connectivity index (χ0v) is 11.0. The van der Waals surface area contributed by atoms with Gasteiger partial charge in [-0.25, -0.2) is 0 Å². The van der Waals surface area contributed by atoms with Crippen LogP contribution in [0.15, 0.2) is 30.3 Å². The van der Waals surface area contributed by atoms with Gasteiger partial charge in [0.25, 0.3) is 0 Å². The molecule has 0 bridgehead atoms. The van der Waals surface area contributed by atoms with Gasteiger partial charge in [0, 0.05) is 32.2 Å². The summed E-state index contributed by atoms with van der Waals surface area (Å²) in [6.45, 7) is 4.79. The molecule has 1 fully saturated rings. The first kappa shape index (κ1) is 13.5. The van der Waals surface area contributed by atoms with Gasteiger partial charge < -0.3 is 15.1 Å². The number of hydrogen-bond acceptors (Lipinski definition) is 3. The predicted octanol–water partition coefficient (Wildman–Crippen LogP) is 1.15. The van der Waals surface area contributed by atoms with Crippen molar-refractivity contribution in [2.24, 2.45) is 11.8 Å². The molecule has 2 N–H and O–H groups in total. The lowest BCUT2D eigenvalue weighted by atomic mass is 9.92. The van der Waals surface area contributed by atoms with E-state index in [0.717, 1.165) is 26.1 Å². The summed E-state index contributed by atoms with van der Waals surface area (Å²) in [5.74, 6) is 0.396. The summed E-state index contributed by atoms with van der Waals surface area (Å²) in [5, 5.41) is 19.2. The molecule has 0 aliphatic carbocycles. The third kappa shape index (κ3) is 3.31. The largest absolute Gasteiger partial charge is 0.396 e. The Morgan fingerprint density at radius 1 is 1.28 bits per heavy atom. The fourth-order valence-corrected chi connectivity index (χ4v) is 2.70. The van der Waals surface area contributed by atoms with Gasteiger partial charge in [-0.1, -0.05) is 37.3 Å². The summed E-state index contributed by atoms with van der Waals surface area (Å²) < 4.78 is 0. The van der Waals surface area contributed by atoms with E-state index in [4.69, 9.17) is 0 Å². The molecular formula is C15H23NO2. The first-order valence-electron chi connectivity index (χ1n) is 6.76. The van der Waals surface area contributed by atoms with Crippen LogP contribution in [0.25, 0.3) is 0 Å². The molecule has 0 radical (unpaired) electrons. The Hall–Kier alpha value is -0.900. The van der Waals surface area contributed by atoms with Crippen LogP contribution in [0.3, 0.4) is 0 Å². The lowest BCUT2D eigenvalue weighted by molar-refractivity contribution is 0.0898. The molecule has 3 unspecified atom stereocenters. The Balaban J connectivity index is 1.82. The normalized spacial score (nSPS) is 26.4. The van der Waals surface area contributed by atoms with E-state index in [-0.39, 0.29) is 24.5 Å². The van der Waals surface area contributed by atoms with Gasteiger partial charge in [-0.15, -0.1) is 0 Å². The minimum atomic E-state index is -0.289. The second-order valence-corrected chi connectivity index (χ2v) is 5.39. The maximum absolute atomic E-state index is 10.0. The molecule has 1 aromatic carbocycles. The second kappa shape index (κ2) is 6.32. The fourth-order valence-electron chi connectivity index (χ4n) is 2.70. The van der Waals surface area contributed by atoms with Gasteiger partial charge in [0.05, 0.1) is 6.10 Å². The molecule has 1 aromatic rings. The van der Waals surface area contributed by atoms with Crippen molar-refractivity contribution < 1.29 is 10.2 Å². The molecule has 0 saturated carbocycles. The van der Waals surface area contributed by atoms with E-state index in [9.17, 15) is 10.2 Å². The number of aliphatic hydroxyl groups excluding tert-OH is 2. The van der Waals surface area contributed by atoms with Crippen molar-refractivity contribution in [1.82, 2.24) is 4.90 Å². The molecule has 0 spiro atoms. The van der Waals surface area contributed by atoms with E-state index in [1.54, 1.807) is 0 Å². The molecule has 3 nitrogen and oxygen atoms in total. The highest BCUT2D eigenvalue weighted by Gasteiger charge is 2.34. The zero-order valence-electron chi connectivity index (χ0n) is 11.0. The Bertz CT molecular complexity index is 355. The number of aliphatic hydroxyl groups is 2. The maximum atomic E-state index is 10.0. The highest BCUT2D eigenvalue weighted by molar-refractivity contribution is 5.14. The van der Waals surface area contributed by atoms with E-state index in [0.29, 0.717) is 0 Å². The van der Waals surface area contributed by atoms with Crippen LogP contribution in [-0.4, -0.2) is 47.5 Å². The topological polar surface area (TPSA) is 43.7 Å². The van der Waals surface area contributed by atoms with Gasteiger partial charge in [-0.05, 0) is 17.9 Å². The van der Waals surface area contributed by atoms with Gasteiger partial charge in [-0.2, -0.15) is 0 Å². The molecule has 1 saturated heterocycles. The van der Waals surface area contributed by atoms with Crippen LogP contribution in [-0.2, 0) is 6.42 Å². The lowest BCUT2D eigenvalue weighted by Gasteiger charge is -2.19. The molecule has 100 valence electrons. The van der Waals surface area contributed by atoms with Crippen molar-refractivity contribution in [1.29, 1.82) is 0 Å². The quantitative estimate of drug-likeness (QED) is 0.823. The van der Waals surface area contributed by atoms with Gasteiger partial charge in [0.2, 0.25) is 0 Å². The smallest absolute Gasteiger partial charge is 0.0710 e. The third-order valence-electron chi connectivity index (χ3n) is 3.99. The number of benzene rings is 1. The van der Waals surface area contributed by atoms with Crippen molar-refractivity contribution in [2.45, 2.75) is 19.4 Å². The molecule has 1 heterocycles. The first-order chi connectivity index (χ1) is 8.70. The van der Waals surface area contributed by atoms with Gasteiger partial charge in [0.1, 0.15) is 0 Å². The molecule has 0 amide bonds. The van der Waals surface area contributed by atoms with Crippen molar-refractivity contribution in [3.8, 4) is 0 Å². The van der Waals surface area contributed by atoms with Crippen LogP contribution in [0.4, 0.5) is 0 Å². The van der Waals surface area contributed by atoms with E-state index in [1.165, 1.54) is 5.56 Å². The molecule has 1 aliphatic heterocycles. The van der Waals surface area contributed by atoms with Crippen LogP contribution >= 0.6 is 0 Å². The zero-order chi connectivity index (χ0) is 13.0. The fraction of sp³-hybridized carbons (Fsp3) is 0.600. The third-order valence-corrected chi connectivity index (χ3v) is 3.99. The van der Waals surface area contributed by atoms with Crippen molar-refractivity contribution in [3.63, 3.8) is 0 Å². The number of rotatable bonds is 5. The predicted molar refractivity (Wildman–Crippen MR) is 72.3 cm³/mol. The highest BCUT2D eigenvalue weighted by atomic mass is 16.3. The Kier molecular flexibility index (Phi) is 4.75. The van der Waals surface area contributed by atoms with Gasteiger partial charge >= 0.3 is 0 Å². The molecule has 3 heteroatoms. The maximum Gasteiger partial charge on any atom is 0.0710 e. The summed E-state index contributed by atoms with van der Waals surface area (Å²) in [6, 6.07) is 10.4. The summed E-state index contributed by atoms with van der Waals surface area (Å²) in [6.07, 6.45) is 0.733. The monoisotopic (exact) mass is 249 g/mol. The van der Waals surface area contributed by atoms with E-state index < -0.39 is 0 Å². The van der Waals surface area contributed by atoms with Crippen molar-refractivity contribution in [3.05, 3.63) is 35.9 Å². The second-order valence-electron chi connectivity index (χ2n) is 5.39. The molecule has 3 atom stereocenters. The van der Waals surface area contributed by atoms with E-state index in [2.05, 4.69) is 29.2 Å². The summed E-state index contributed by atoms with van der Waals surface area (Å²) >= 11 is 0. The van der Waals surface area contributed by atoms with Crippen LogP contribution in [0, 0.1) is 11.8 Å². The molecular weight excluding hydrogens is 226 g/mol. The van der Waals surface area contributed by atoms with Crippen LogP contribution < -0.4 is 0 Å². The summed E-state index contributed by atoms with van der Waals surface area (Å²) in [7, 11) is 0. The van der Waals surface area contributed by atoms with Crippen LogP contribution in [0.1, 0.15) is 12.5 Å². The minimum absolute atomic E-state index is 0.161. The van der Waals surface area contributed by atoms with Crippen LogP contribution in [0.5, 0.6) is 0 Å². The van der Waals surface area contributed by atoms with Crippen molar-refractivity contribution in [2.75, 3.05) is 26.2 Å². The molecule has 0 aromatic heterocycles. The van der Waals surface area contributed by atoms with Crippen LogP contribution in [0.2, 0.25) is 0 Å². The minimum Gasteiger partial charge on any atom is -0.396 e. The Morgan fingerprint density at radius 3 is 2.67 bits per heavy atom. The van der Waals surface area contributed by atoms with E-state index >= 15 is 0 Å². The molecule has 2 rings (SSSR count). The summed E-state index contributed by atoms with van der Waals surface area (Å²) in [5.41, 5.74) is 1.34. The highest BCUT2D eigenvalue weighted by Crippen LogP contribution is 2.24. The Labute approximate surface area is 109 Å².